The van der Waals surface area contributed by atoms with Crippen molar-refractivity contribution in [1.82, 2.24) is 15.5 Å². The highest BCUT2D eigenvalue weighted by molar-refractivity contribution is 7.11. The van der Waals surface area contributed by atoms with Gasteiger partial charge in [-0.05, 0) is 30.2 Å². The van der Waals surface area contributed by atoms with Crippen LogP contribution in [-0.2, 0) is 13.0 Å². The Kier molecular flexibility index (Phi) is 5.49. The number of benzene rings is 1. The Labute approximate surface area is 124 Å². The third-order valence-electron chi connectivity index (χ3n) is 2.83. The first kappa shape index (κ1) is 14.9. The Balaban J connectivity index is 1.91. The molecule has 0 spiro atoms. The lowest BCUT2D eigenvalue weighted by Crippen LogP contribution is -2.18. The van der Waals surface area contributed by atoms with E-state index in [4.69, 9.17) is 4.74 Å². The molecular weight excluding hydrogens is 270 g/mol. The molecule has 1 aromatic carbocycles. The summed E-state index contributed by atoms with van der Waals surface area (Å²) in [6, 6.07) is 8.07. The molecule has 2 aromatic rings. The molecular formula is C15H21N3OS. The molecule has 2 rings (SSSR count). The zero-order chi connectivity index (χ0) is 14.4. The van der Waals surface area contributed by atoms with Gasteiger partial charge in [0.25, 0.3) is 0 Å². The van der Waals surface area contributed by atoms with E-state index >= 15 is 0 Å². The van der Waals surface area contributed by atoms with Crippen molar-refractivity contribution in [1.29, 1.82) is 0 Å². The molecule has 1 N–H and O–H groups in total. The molecule has 0 fully saturated rings. The molecule has 1 heterocycles. The average molecular weight is 291 g/mol. The molecule has 20 heavy (non-hydrogen) atoms. The molecule has 0 unspecified atom stereocenters. The van der Waals surface area contributed by atoms with E-state index in [9.17, 15) is 0 Å². The van der Waals surface area contributed by atoms with E-state index < -0.39 is 0 Å². The minimum absolute atomic E-state index is 0.652. The summed E-state index contributed by atoms with van der Waals surface area (Å²) in [4.78, 5) is 0. The summed E-state index contributed by atoms with van der Waals surface area (Å²) >= 11 is 1.67. The van der Waals surface area contributed by atoms with E-state index in [0.29, 0.717) is 5.92 Å². The van der Waals surface area contributed by atoms with Gasteiger partial charge >= 0.3 is 0 Å². The van der Waals surface area contributed by atoms with Crippen LogP contribution in [0.4, 0.5) is 0 Å². The smallest absolute Gasteiger partial charge is 0.131 e. The normalized spacial score (nSPS) is 11.0. The van der Waals surface area contributed by atoms with Crippen LogP contribution in [0, 0.1) is 5.92 Å². The molecule has 0 amide bonds. The first-order valence-corrected chi connectivity index (χ1v) is 7.64. The van der Waals surface area contributed by atoms with Crippen molar-refractivity contribution in [3.63, 3.8) is 0 Å². The number of ether oxygens (including phenoxy) is 1. The lowest BCUT2D eigenvalue weighted by atomic mass is 10.1. The SMILES string of the molecule is COc1cccc(Cc2nnc(CNCC(C)C)s2)c1. The van der Waals surface area contributed by atoms with Crippen LogP contribution >= 0.6 is 11.3 Å². The zero-order valence-corrected chi connectivity index (χ0v) is 13.0. The van der Waals surface area contributed by atoms with Gasteiger partial charge in [-0.15, -0.1) is 10.2 Å². The highest BCUT2D eigenvalue weighted by Crippen LogP contribution is 2.18. The Morgan fingerprint density at radius 2 is 2.05 bits per heavy atom. The average Bonchev–Trinajstić information content (AvgIpc) is 2.86. The van der Waals surface area contributed by atoms with Gasteiger partial charge in [0.15, 0.2) is 0 Å². The van der Waals surface area contributed by atoms with Crippen LogP contribution in [0.15, 0.2) is 24.3 Å². The molecule has 0 saturated carbocycles. The number of hydrogen-bond acceptors (Lipinski definition) is 5. The van der Waals surface area contributed by atoms with Gasteiger partial charge in [0, 0.05) is 13.0 Å². The summed E-state index contributed by atoms with van der Waals surface area (Å²) in [5.41, 5.74) is 1.20. The van der Waals surface area contributed by atoms with Crippen LogP contribution in [0.2, 0.25) is 0 Å². The molecule has 0 aliphatic rings. The number of rotatable bonds is 7. The fraction of sp³-hybridized carbons (Fsp3) is 0.467. The Morgan fingerprint density at radius 3 is 2.80 bits per heavy atom. The number of aromatic nitrogens is 2. The van der Waals surface area contributed by atoms with Crippen LogP contribution in [-0.4, -0.2) is 23.9 Å². The van der Waals surface area contributed by atoms with Crippen molar-refractivity contribution in [3.8, 4) is 5.75 Å². The van der Waals surface area contributed by atoms with Crippen LogP contribution in [0.25, 0.3) is 0 Å². The van der Waals surface area contributed by atoms with Gasteiger partial charge in [-0.25, -0.2) is 0 Å². The molecule has 0 atom stereocenters. The number of hydrogen-bond donors (Lipinski definition) is 1. The van der Waals surface area contributed by atoms with Crippen molar-refractivity contribution in [2.24, 2.45) is 5.92 Å². The van der Waals surface area contributed by atoms with Crippen molar-refractivity contribution >= 4 is 11.3 Å². The molecule has 5 heteroatoms. The summed E-state index contributed by atoms with van der Waals surface area (Å²) in [5.74, 6) is 1.53. The van der Waals surface area contributed by atoms with Crippen LogP contribution in [0.1, 0.15) is 29.4 Å². The Hall–Kier alpha value is -1.46. The summed E-state index contributed by atoms with van der Waals surface area (Å²) < 4.78 is 5.23. The van der Waals surface area contributed by atoms with Gasteiger partial charge in [-0.3, -0.25) is 0 Å². The molecule has 4 nitrogen and oxygen atoms in total. The van der Waals surface area contributed by atoms with E-state index in [1.807, 2.05) is 18.2 Å². The fourth-order valence-corrected chi connectivity index (χ4v) is 2.70. The van der Waals surface area contributed by atoms with Crippen molar-refractivity contribution in [2.75, 3.05) is 13.7 Å². The van der Waals surface area contributed by atoms with Gasteiger partial charge in [-0.1, -0.05) is 37.3 Å². The highest BCUT2D eigenvalue weighted by atomic mass is 32.1. The second-order valence-electron chi connectivity index (χ2n) is 5.14. The first-order chi connectivity index (χ1) is 9.67. The minimum atomic E-state index is 0.652. The maximum Gasteiger partial charge on any atom is 0.131 e. The number of nitrogens with one attached hydrogen (secondary N) is 1. The monoisotopic (exact) mass is 291 g/mol. The summed E-state index contributed by atoms with van der Waals surface area (Å²) in [6.45, 7) is 6.20. The lowest BCUT2D eigenvalue weighted by Gasteiger charge is -2.04. The minimum Gasteiger partial charge on any atom is -0.497 e. The third-order valence-corrected chi connectivity index (χ3v) is 3.75. The quantitative estimate of drug-likeness (QED) is 0.852. The van der Waals surface area contributed by atoms with Crippen LogP contribution in [0.3, 0.4) is 0 Å². The van der Waals surface area contributed by atoms with Gasteiger partial charge < -0.3 is 10.1 Å². The molecule has 0 aliphatic heterocycles. The van der Waals surface area contributed by atoms with E-state index in [0.717, 1.165) is 35.3 Å². The number of nitrogens with zero attached hydrogens (tertiary/aromatic N) is 2. The van der Waals surface area contributed by atoms with Gasteiger partial charge in [-0.2, -0.15) is 0 Å². The second kappa shape index (κ2) is 7.36. The zero-order valence-electron chi connectivity index (χ0n) is 12.2. The standard InChI is InChI=1S/C15H21N3OS/c1-11(2)9-16-10-15-18-17-14(20-15)8-12-5-4-6-13(7-12)19-3/h4-7,11,16H,8-10H2,1-3H3. The van der Waals surface area contributed by atoms with E-state index in [2.05, 4.69) is 35.4 Å². The molecule has 0 radical (unpaired) electrons. The molecule has 0 saturated heterocycles. The van der Waals surface area contributed by atoms with Crippen LogP contribution < -0.4 is 10.1 Å². The third kappa shape index (κ3) is 4.58. The topological polar surface area (TPSA) is 47.0 Å². The number of methoxy groups -OCH3 is 1. The Morgan fingerprint density at radius 1 is 1.25 bits per heavy atom. The first-order valence-electron chi connectivity index (χ1n) is 6.82. The predicted molar refractivity (Wildman–Crippen MR) is 82.3 cm³/mol. The molecule has 108 valence electrons. The maximum atomic E-state index is 5.23. The van der Waals surface area contributed by atoms with Crippen molar-refractivity contribution in [2.45, 2.75) is 26.8 Å². The van der Waals surface area contributed by atoms with Crippen molar-refractivity contribution < 1.29 is 4.74 Å². The van der Waals surface area contributed by atoms with Gasteiger partial charge in [0.2, 0.25) is 0 Å². The second-order valence-corrected chi connectivity index (χ2v) is 6.29. The molecule has 0 aliphatic carbocycles. The van der Waals surface area contributed by atoms with Gasteiger partial charge in [0.1, 0.15) is 15.8 Å². The molecule has 1 aromatic heterocycles. The van der Waals surface area contributed by atoms with E-state index in [1.54, 1.807) is 18.4 Å². The van der Waals surface area contributed by atoms with Gasteiger partial charge in [0.05, 0.1) is 7.11 Å². The Bertz CT molecular complexity index is 539. The largest absolute Gasteiger partial charge is 0.497 e. The van der Waals surface area contributed by atoms with E-state index in [1.165, 1.54) is 5.56 Å². The fourth-order valence-electron chi connectivity index (χ4n) is 1.86. The maximum absolute atomic E-state index is 5.23. The van der Waals surface area contributed by atoms with Crippen molar-refractivity contribution in [3.05, 3.63) is 39.8 Å². The predicted octanol–water partition coefficient (Wildman–Crippen LogP) is 2.88. The highest BCUT2D eigenvalue weighted by Gasteiger charge is 2.06. The summed E-state index contributed by atoms with van der Waals surface area (Å²) in [6.07, 6.45) is 0.805. The lowest BCUT2D eigenvalue weighted by molar-refractivity contribution is 0.414. The molecule has 0 bridgehead atoms. The summed E-state index contributed by atoms with van der Waals surface area (Å²) in [7, 11) is 1.68. The summed E-state index contributed by atoms with van der Waals surface area (Å²) in [5, 5.41) is 13.9. The van der Waals surface area contributed by atoms with Crippen LogP contribution in [0.5, 0.6) is 5.75 Å². The van der Waals surface area contributed by atoms with E-state index in [-0.39, 0.29) is 0 Å².